The number of unbranched alkanes of at least 4 members (excludes halogenated alkanes) is 1. The fourth-order valence-electron chi connectivity index (χ4n) is 2.77. The monoisotopic (exact) mass is 277 g/mol. The number of hydrogen-bond donors (Lipinski definition) is 1. The van der Waals surface area contributed by atoms with Gasteiger partial charge in [-0.05, 0) is 25.5 Å². The first-order valence-electron chi connectivity index (χ1n) is 7.86. The van der Waals surface area contributed by atoms with Crippen molar-refractivity contribution in [2.75, 3.05) is 13.7 Å². The van der Waals surface area contributed by atoms with Gasteiger partial charge in [-0.25, -0.2) is 0 Å². The Morgan fingerprint density at radius 2 is 2.15 bits per heavy atom. The van der Waals surface area contributed by atoms with Crippen LogP contribution in [0.1, 0.15) is 57.6 Å². The van der Waals surface area contributed by atoms with E-state index in [1.807, 2.05) is 12.1 Å². The molecular formula is C17H27NO2. The lowest BCUT2D eigenvalue weighted by Crippen LogP contribution is -2.33. The van der Waals surface area contributed by atoms with Crippen LogP contribution in [0.3, 0.4) is 0 Å². The first-order valence-corrected chi connectivity index (χ1v) is 7.86. The smallest absolute Gasteiger partial charge is 0.128 e. The molecule has 0 radical (unpaired) electrons. The number of ether oxygens (including phenoxy) is 2. The lowest BCUT2D eigenvalue weighted by molar-refractivity contribution is 0.138. The summed E-state index contributed by atoms with van der Waals surface area (Å²) in [5, 5.41) is 3.65. The summed E-state index contributed by atoms with van der Waals surface area (Å²) in [5.41, 5.74) is 1.27. The standard InChI is InChI=1S/C17H27NO2/c1-4-6-7-14-11-16(18-10-5-2)15-9-8-13(19-3)12-17(15)20-14/h8-9,12,14,16,18H,4-7,10-11H2,1-3H3. The van der Waals surface area contributed by atoms with Gasteiger partial charge in [-0.1, -0.05) is 32.8 Å². The average molecular weight is 277 g/mol. The third-order valence-corrected chi connectivity index (χ3v) is 3.91. The SMILES string of the molecule is CCCCC1CC(NCCC)c2ccc(OC)cc2O1. The summed E-state index contributed by atoms with van der Waals surface area (Å²) in [6, 6.07) is 6.59. The summed E-state index contributed by atoms with van der Waals surface area (Å²) in [6.45, 7) is 5.49. The molecule has 20 heavy (non-hydrogen) atoms. The molecule has 3 heteroatoms. The van der Waals surface area contributed by atoms with Crippen LogP contribution in [0.15, 0.2) is 18.2 Å². The number of nitrogens with one attached hydrogen (secondary N) is 1. The summed E-state index contributed by atoms with van der Waals surface area (Å²) < 4.78 is 11.5. The molecular weight excluding hydrogens is 250 g/mol. The molecule has 0 fully saturated rings. The lowest BCUT2D eigenvalue weighted by Gasteiger charge is -2.33. The van der Waals surface area contributed by atoms with Crippen LogP contribution in [0, 0.1) is 0 Å². The molecule has 0 aliphatic carbocycles. The highest BCUT2D eigenvalue weighted by molar-refractivity contribution is 5.44. The first-order chi connectivity index (χ1) is 9.78. The summed E-state index contributed by atoms with van der Waals surface area (Å²) in [4.78, 5) is 0. The third kappa shape index (κ3) is 3.66. The number of benzene rings is 1. The van der Waals surface area contributed by atoms with Gasteiger partial charge >= 0.3 is 0 Å². The van der Waals surface area contributed by atoms with E-state index in [0.717, 1.165) is 37.3 Å². The maximum absolute atomic E-state index is 6.17. The molecule has 2 atom stereocenters. The maximum Gasteiger partial charge on any atom is 0.128 e. The Hall–Kier alpha value is -1.22. The Labute approximate surface area is 122 Å². The van der Waals surface area contributed by atoms with Gasteiger partial charge in [-0.15, -0.1) is 0 Å². The van der Waals surface area contributed by atoms with E-state index in [0.29, 0.717) is 12.1 Å². The molecule has 1 aromatic rings. The van der Waals surface area contributed by atoms with Gasteiger partial charge in [0.15, 0.2) is 0 Å². The normalized spacial score (nSPS) is 21.1. The van der Waals surface area contributed by atoms with Crippen molar-refractivity contribution in [3.63, 3.8) is 0 Å². The zero-order valence-corrected chi connectivity index (χ0v) is 12.9. The van der Waals surface area contributed by atoms with Crippen molar-refractivity contribution < 1.29 is 9.47 Å². The van der Waals surface area contributed by atoms with Crippen LogP contribution in [0.2, 0.25) is 0 Å². The van der Waals surface area contributed by atoms with Crippen LogP contribution in [0.5, 0.6) is 11.5 Å². The molecule has 1 aliphatic rings. The van der Waals surface area contributed by atoms with Crippen molar-refractivity contribution in [3.05, 3.63) is 23.8 Å². The molecule has 1 aromatic carbocycles. The predicted molar refractivity (Wildman–Crippen MR) is 82.6 cm³/mol. The molecule has 3 nitrogen and oxygen atoms in total. The molecule has 2 rings (SSSR count). The van der Waals surface area contributed by atoms with E-state index >= 15 is 0 Å². The zero-order valence-electron chi connectivity index (χ0n) is 12.9. The average Bonchev–Trinajstić information content (AvgIpc) is 2.49. The fourth-order valence-corrected chi connectivity index (χ4v) is 2.77. The Morgan fingerprint density at radius 3 is 2.85 bits per heavy atom. The molecule has 0 spiro atoms. The van der Waals surface area contributed by atoms with Gasteiger partial charge in [0.05, 0.1) is 7.11 Å². The van der Waals surface area contributed by atoms with Gasteiger partial charge in [0, 0.05) is 24.1 Å². The summed E-state index contributed by atoms with van der Waals surface area (Å²) in [5.74, 6) is 1.86. The summed E-state index contributed by atoms with van der Waals surface area (Å²) in [6.07, 6.45) is 6.13. The quantitative estimate of drug-likeness (QED) is 0.814. The van der Waals surface area contributed by atoms with Gasteiger partial charge in [0.2, 0.25) is 0 Å². The topological polar surface area (TPSA) is 30.5 Å². The minimum atomic E-state index is 0.323. The molecule has 1 heterocycles. The van der Waals surface area contributed by atoms with Crippen molar-refractivity contribution in [2.45, 2.75) is 58.1 Å². The summed E-state index contributed by atoms with van der Waals surface area (Å²) in [7, 11) is 1.70. The van der Waals surface area contributed by atoms with E-state index in [1.165, 1.54) is 18.4 Å². The second-order valence-corrected chi connectivity index (χ2v) is 5.53. The highest BCUT2D eigenvalue weighted by atomic mass is 16.5. The van der Waals surface area contributed by atoms with Crippen molar-refractivity contribution in [3.8, 4) is 11.5 Å². The van der Waals surface area contributed by atoms with Crippen molar-refractivity contribution in [2.24, 2.45) is 0 Å². The molecule has 0 amide bonds. The van der Waals surface area contributed by atoms with Crippen LogP contribution < -0.4 is 14.8 Å². The number of fused-ring (bicyclic) bond motifs is 1. The van der Waals surface area contributed by atoms with E-state index in [4.69, 9.17) is 9.47 Å². The van der Waals surface area contributed by atoms with E-state index in [2.05, 4.69) is 25.2 Å². The highest BCUT2D eigenvalue weighted by Crippen LogP contribution is 2.38. The lowest BCUT2D eigenvalue weighted by atomic mass is 9.94. The number of rotatable bonds is 7. The molecule has 0 saturated heterocycles. The molecule has 1 aliphatic heterocycles. The van der Waals surface area contributed by atoms with Crippen LogP contribution in [0.4, 0.5) is 0 Å². The van der Waals surface area contributed by atoms with Gasteiger partial charge in [0.1, 0.15) is 17.6 Å². The van der Waals surface area contributed by atoms with Gasteiger partial charge in [0.25, 0.3) is 0 Å². The van der Waals surface area contributed by atoms with Gasteiger partial charge in [-0.2, -0.15) is 0 Å². The van der Waals surface area contributed by atoms with Crippen LogP contribution in [-0.4, -0.2) is 19.8 Å². The Bertz CT molecular complexity index is 419. The largest absolute Gasteiger partial charge is 0.497 e. The second kappa shape index (κ2) is 7.53. The number of hydrogen-bond acceptors (Lipinski definition) is 3. The molecule has 0 aromatic heterocycles. The van der Waals surface area contributed by atoms with Crippen molar-refractivity contribution in [1.82, 2.24) is 5.32 Å². The third-order valence-electron chi connectivity index (χ3n) is 3.91. The summed E-state index contributed by atoms with van der Waals surface area (Å²) >= 11 is 0. The Kier molecular flexibility index (Phi) is 5.72. The zero-order chi connectivity index (χ0) is 14.4. The van der Waals surface area contributed by atoms with E-state index in [9.17, 15) is 0 Å². The van der Waals surface area contributed by atoms with Gasteiger partial charge < -0.3 is 14.8 Å². The molecule has 112 valence electrons. The maximum atomic E-state index is 6.17. The number of methoxy groups -OCH3 is 1. The van der Waals surface area contributed by atoms with Gasteiger partial charge in [-0.3, -0.25) is 0 Å². The van der Waals surface area contributed by atoms with Crippen LogP contribution >= 0.6 is 0 Å². The predicted octanol–water partition coefficient (Wildman–Crippen LogP) is 4.08. The Balaban J connectivity index is 2.16. The minimum absolute atomic E-state index is 0.323. The van der Waals surface area contributed by atoms with E-state index in [1.54, 1.807) is 7.11 Å². The molecule has 0 bridgehead atoms. The second-order valence-electron chi connectivity index (χ2n) is 5.53. The molecule has 2 unspecified atom stereocenters. The first kappa shape index (κ1) is 15.2. The van der Waals surface area contributed by atoms with E-state index < -0.39 is 0 Å². The highest BCUT2D eigenvalue weighted by Gasteiger charge is 2.27. The van der Waals surface area contributed by atoms with Crippen LogP contribution in [-0.2, 0) is 0 Å². The fraction of sp³-hybridized carbons (Fsp3) is 0.647. The van der Waals surface area contributed by atoms with E-state index in [-0.39, 0.29) is 0 Å². The molecule has 0 saturated carbocycles. The van der Waals surface area contributed by atoms with Crippen molar-refractivity contribution in [1.29, 1.82) is 0 Å². The van der Waals surface area contributed by atoms with Crippen molar-refractivity contribution >= 4 is 0 Å². The van der Waals surface area contributed by atoms with Crippen LogP contribution in [0.25, 0.3) is 0 Å². The minimum Gasteiger partial charge on any atom is -0.497 e. The Morgan fingerprint density at radius 1 is 1.30 bits per heavy atom. The molecule has 1 N–H and O–H groups in total.